The minimum atomic E-state index is -1.03. The summed E-state index contributed by atoms with van der Waals surface area (Å²) in [4.78, 5) is 35.8. The molecule has 1 fully saturated rings. The molecule has 0 aromatic heterocycles. The Morgan fingerprint density at radius 2 is 1.75 bits per heavy atom. The van der Waals surface area contributed by atoms with E-state index in [-0.39, 0.29) is 51.2 Å². The van der Waals surface area contributed by atoms with E-state index in [4.69, 9.17) is 27.9 Å². The van der Waals surface area contributed by atoms with Crippen molar-refractivity contribution in [2.75, 3.05) is 11.9 Å². The number of phenols is 1. The van der Waals surface area contributed by atoms with Crippen molar-refractivity contribution < 1.29 is 29.0 Å². The maximum absolute atomic E-state index is 12.6. The van der Waals surface area contributed by atoms with Gasteiger partial charge in [0.2, 0.25) is 0 Å². The Balaban J connectivity index is 1.76. The van der Waals surface area contributed by atoms with Gasteiger partial charge in [0.1, 0.15) is 11.5 Å². The van der Waals surface area contributed by atoms with Gasteiger partial charge in [0.05, 0.1) is 22.2 Å². The zero-order valence-corrected chi connectivity index (χ0v) is 18.8. The molecule has 0 heterocycles. The average molecular weight is 481 g/mol. The van der Waals surface area contributed by atoms with Gasteiger partial charge in [-0.05, 0) is 50.1 Å². The molecular weight excluding hydrogens is 459 g/mol. The first-order valence-electron chi connectivity index (χ1n) is 10.1. The van der Waals surface area contributed by atoms with Gasteiger partial charge in [-0.1, -0.05) is 36.0 Å². The number of amides is 2. The van der Waals surface area contributed by atoms with E-state index >= 15 is 0 Å². The van der Waals surface area contributed by atoms with E-state index in [0.29, 0.717) is 0 Å². The third-order valence-corrected chi connectivity index (χ3v) is 5.40. The van der Waals surface area contributed by atoms with Gasteiger partial charge in [0, 0.05) is 11.7 Å². The maximum atomic E-state index is 12.6. The molecule has 3 N–H and O–H groups in total. The van der Waals surface area contributed by atoms with Crippen LogP contribution in [0.25, 0.3) is 0 Å². The molecule has 0 radical (unpaired) electrons. The topological polar surface area (TPSA) is 114 Å². The van der Waals surface area contributed by atoms with Gasteiger partial charge in [-0.15, -0.1) is 0 Å². The number of carbonyl (C=O) groups is 3. The Bertz CT molecular complexity index is 1010. The number of ether oxygens (including phenoxy) is 2. The monoisotopic (exact) mass is 480 g/mol. The number of phenolic OH excluding ortho intramolecular Hbond substituents is 1. The lowest BCUT2D eigenvalue weighted by molar-refractivity contribution is -0.152. The normalized spacial score (nSPS) is 13.5. The van der Waals surface area contributed by atoms with Crippen LogP contribution in [0.4, 0.5) is 5.69 Å². The van der Waals surface area contributed by atoms with Gasteiger partial charge in [0.25, 0.3) is 5.91 Å². The molecule has 3 rings (SSSR count). The van der Waals surface area contributed by atoms with E-state index in [1.807, 2.05) is 0 Å². The van der Waals surface area contributed by atoms with Crippen LogP contribution in [-0.4, -0.2) is 35.5 Å². The van der Waals surface area contributed by atoms with Crippen molar-refractivity contribution in [3.8, 4) is 17.2 Å². The van der Waals surface area contributed by atoms with Crippen LogP contribution in [0, 0.1) is 0 Å². The Kier molecular flexibility index (Phi) is 7.82. The van der Waals surface area contributed by atoms with Gasteiger partial charge in [-0.3, -0.25) is 9.59 Å². The fraction of sp³-hybridized carbons (Fsp3) is 0.318. The summed E-state index contributed by atoms with van der Waals surface area (Å²) in [7, 11) is 0. The lowest BCUT2D eigenvalue weighted by Gasteiger charge is -2.15. The van der Waals surface area contributed by atoms with Crippen molar-refractivity contribution in [3.63, 3.8) is 0 Å². The number of esters is 1. The zero-order chi connectivity index (χ0) is 23.3. The molecule has 2 amide bonds. The highest BCUT2D eigenvalue weighted by molar-refractivity contribution is 6.39. The summed E-state index contributed by atoms with van der Waals surface area (Å²) in [5, 5.41) is 15.5. The number of carbonyl (C=O) groups excluding carboxylic acids is 3. The average Bonchev–Trinajstić information content (AvgIpc) is 3.25. The number of halogens is 2. The third-order valence-electron chi connectivity index (χ3n) is 4.84. The highest BCUT2D eigenvalue weighted by Gasteiger charge is 2.21. The van der Waals surface area contributed by atoms with Crippen molar-refractivity contribution >= 4 is 46.7 Å². The maximum Gasteiger partial charge on any atom is 0.397 e. The standard InChI is InChI=1S/C22H22Cl2N2O6/c1-2-31-22(30)21(29)26-13-9-16(23)19(17(24)10-13)32-14-7-8-18(27)15(11-14)20(28)25-12-5-3-4-6-12/h7-12,27H,2-6H2,1H3,(H,25,28)(H,26,29). The molecule has 2 aromatic carbocycles. The third kappa shape index (κ3) is 5.83. The summed E-state index contributed by atoms with van der Waals surface area (Å²) in [5.74, 6) is -2.27. The number of aromatic hydroxyl groups is 1. The molecule has 0 atom stereocenters. The number of hydrogen-bond acceptors (Lipinski definition) is 6. The molecule has 0 unspecified atom stereocenters. The molecule has 10 heteroatoms. The Morgan fingerprint density at radius 1 is 1.09 bits per heavy atom. The van der Waals surface area contributed by atoms with Crippen LogP contribution in [0.1, 0.15) is 43.0 Å². The first-order chi connectivity index (χ1) is 15.3. The first-order valence-corrected chi connectivity index (χ1v) is 10.8. The van der Waals surface area contributed by atoms with Crippen molar-refractivity contribution in [3.05, 3.63) is 45.9 Å². The molecule has 8 nitrogen and oxygen atoms in total. The molecule has 170 valence electrons. The first kappa shape index (κ1) is 23.7. The quantitative estimate of drug-likeness (QED) is 0.408. The van der Waals surface area contributed by atoms with Crippen LogP contribution in [-0.2, 0) is 14.3 Å². The summed E-state index contributed by atoms with van der Waals surface area (Å²) in [6.07, 6.45) is 3.94. The zero-order valence-electron chi connectivity index (χ0n) is 17.2. The molecule has 32 heavy (non-hydrogen) atoms. The fourth-order valence-electron chi connectivity index (χ4n) is 3.32. The van der Waals surface area contributed by atoms with Crippen LogP contribution >= 0.6 is 23.2 Å². The van der Waals surface area contributed by atoms with Gasteiger partial charge < -0.3 is 25.2 Å². The van der Waals surface area contributed by atoms with Crippen LogP contribution in [0.15, 0.2) is 30.3 Å². The van der Waals surface area contributed by atoms with Crippen molar-refractivity contribution in [2.24, 2.45) is 0 Å². The summed E-state index contributed by atoms with van der Waals surface area (Å²) < 4.78 is 10.4. The van der Waals surface area contributed by atoms with Crippen LogP contribution in [0.2, 0.25) is 10.0 Å². The largest absolute Gasteiger partial charge is 0.507 e. The molecule has 2 aromatic rings. The van der Waals surface area contributed by atoms with Crippen molar-refractivity contribution in [2.45, 2.75) is 38.6 Å². The van der Waals surface area contributed by atoms with Crippen molar-refractivity contribution in [1.29, 1.82) is 0 Å². The molecule has 0 spiro atoms. The smallest absolute Gasteiger partial charge is 0.397 e. The second-order valence-electron chi connectivity index (χ2n) is 7.18. The van der Waals surface area contributed by atoms with Crippen LogP contribution < -0.4 is 15.4 Å². The number of rotatable bonds is 6. The van der Waals surface area contributed by atoms with E-state index in [1.165, 1.54) is 30.3 Å². The lowest BCUT2D eigenvalue weighted by atomic mass is 10.1. The number of hydrogen-bond donors (Lipinski definition) is 3. The van der Waals surface area contributed by atoms with E-state index in [0.717, 1.165) is 25.7 Å². The van der Waals surface area contributed by atoms with Gasteiger partial charge in [0.15, 0.2) is 5.75 Å². The van der Waals surface area contributed by atoms with Crippen LogP contribution in [0.3, 0.4) is 0 Å². The Hall–Kier alpha value is -2.97. The summed E-state index contributed by atoms with van der Waals surface area (Å²) in [6.45, 7) is 1.64. The van der Waals surface area contributed by atoms with Crippen LogP contribution in [0.5, 0.6) is 17.2 Å². The van der Waals surface area contributed by atoms with Gasteiger partial charge in [-0.25, -0.2) is 4.79 Å². The van der Waals surface area contributed by atoms with E-state index < -0.39 is 17.8 Å². The second kappa shape index (κ2) is 10.6. The minimum absolute atomic E-state index is 0.0571. The summed E-state index contributed by atoms with van der Waals surface area (Å²) in [6, 6.07) is 7.00. The molecule has 1 saturated carbocycles. The highest BCUT2D eigenvalue weighted by Crippen LogP contribution is 2.39. The molecule has 1 aliphatic carbocycles. The summed E-state index contributed by atoms with van der Waals surface area (Å²) in [5.41, 5.74) is 0.243. The molecule has 0 bridgehead atoms. The Labute approximate surface area is 194 Å². The predicted molar refractivity (Wildman–Crippen MR) is 120 cm³/mol. The Morgan fingerprint density at radius 3 is 2.38 bits per heavy atom. The lowest BCUT2D eigenvalue weighted by Crippen LogP contribution is -2.32. The van der Waals surface area contributed by atoms with Gasteiger partial charge in [-0.2, -0.15) is 0 Å². The molecule has 1 aliphatic rings. The fourth-order valence-corrected chi connectivity index (χ4v) is 3.88. The van der Waals surface area contributed by atoms with E-state index in [1.54, 1.807) is 6.92 Å². The molecule has 0 aliphatic heterocycles. The van der Waals surface area contributed by atoms with E-state index in [2.05, 4.69) is 15.4 Å². The predicted octanol–water partition coefficient (Wildman–Crippen LogP) is 4.67. The minimum Gasteiger partial charge on any atom is -0.507 e. The summed E-state index contributed by atoms with van der Waals surface area (Å²) >= 11 is 12.5. The van der Waals surface area contributed by atoms with E-state index in [9.17, 15) is 19.5 Å². The SMILES string of the molecule is CCOC(=O)C(=O)Nc1cc(Cl)c(Oc2ccc(O)c(C(=O)NC3CCCC3)c2)c(Cl)c1. The number of benzene rings is 2. The highest BCUT2D eigenvalue weighted by atomic mass is 35.5. The molecular formula is C22H22Cl2N2O6. The number of anilines is 1. The van der Waals surface area contributed by atoms with Gasteiger partial charge >= 0.3 is 11.9 Å². The number of nitrogens with one attached hydrogen (secondary N) is 2. The second-order valence-corrected chi connectivity index (χ2v) is 7.99. The van der Waals surface area contributed by atoms with Crippen molar-refractivity contribution in [1.82, 2.24) is 5.32 Å². The molecule has 0 saturated heterocycles.